The number of rotatable bonds is 4. The minimum absolute atomic E-state index is 0.643. The van der Waals surface area contributed by atoms with Crippen molar-refractivity contribution < 1.29 is 0 Å². The Kier molecular flexibility index (Phi) is 3.76. The molecule has 0 amide bonds. The van der Waals surface area contributed by atoms with Gasteiger partial charge in [-0.1, -0.05) is 12.1 Å². The van der Waals surface area contributed by atoms with E-state index in [1.165, 1.54) is 24.1 Å². The summed E-state index contributed by atoms with van der Waals surface area (Å²) in [5.74, 6) is 0. The summed E-state index contributed by atoms with van der Waals surface area (Å²) in [6.07, 6.45) is 2.72. The van der Waals surface area contributed by atoms with Crippen LogP contribution in [0.15, 0.2) is 24.3 Å². The molecule has 1 atom stereocenters. The molecule has 3 rings (SSSR count). The van der Waals surface area contributed by atoms with Gasteiger partial charge in [0.1, 0.15) is 0 Å². The van der Waals surface area contributed by atoms with Gasteiger partial charge in [-0.05, 0) is 44.5 Å². The molecule has 0 aromatic heterocycles. The molecule has 0 spiro atoms. The fourth-order valence-corrected chi connectivity index (χ4v) is 2.66. The number of hydrogen-bond donors (Lipinski definition) is 1. The third kappa shape index (κ3) is 3.28. The Balaban J connectivity index is 1.58. The van der Waals surface area contributed by atoms with E-state index in [9.17, 15) is 0 Å². The number of likely N-dealkylation sites (N-methyl/N-ethyl adjacent to an activating group) is 1. The Morgan fingerprint density at radius 3 is 2.53 bits per heavy atom. The maximum Gasteiger partial charge on any atom is 0.0367 e. The van der Waals surface area contributed by atoms with Crippen molar-refractivity contribution >= 4 is 5.69 Å². The zero-order valence-corrected chi connectivity index (χ0v) is 12.1. The summed E-state index contributed by atoms with van der Waals surface area (Å²) in [5.41, 5.74) is 2.77. The maximum atomic E-state index is 3.56. The summed E-state index contributed by atoms with van der Waals surface area (Å²) >= 11 is 0. The van der Waals surface area contributed by atoms with Crippen LogP contribution in [-0.4, -0.2) is 43.7 Å². The Hall–Kier alpha value is -1.06. The molecular formula is C16H25N3. The van der Waals surface area contributed by atoms with Crippen molar-refractivity contribution in [2.75, 3.05) is 31.6 Å². The second kappa shape index (κ2) is 5.51. The van der Waals surface area contributed by atoms with E-state index in [4.69, 9.17) is 0 Å². The molecule has 2 fully saturated rings. The highest BCUT2D eigenvalue weighted by Gasteiger charge is 2.21. The molecule has 2 aliphatic rings. The third-order valence-corrected chi connectivity index (χ3v) is 4.43. The first-order chi connectivity index (χ1) is 9.22. The Labute approximate surface area is 116 Å². The molecule has 0 bridgehead atoms. The van der Waals surface area contributed by atoms with E-state index in [0.717, 1.165) is 32.2 Å². The molecule has 1 aromatic rings. The summed E-state index contributed by atoms with van der Waals surface area (Å²) < 4.78 is 0. The number of benzene rings is 1. The molecule has 1 heterocycles. The highest BCUT2D eigenvalue weighted by Crippen LogP contribution is 2.21. The average molecular weight is 259 g/mol. The van der Waals surface area contributed by atoms with Gasteiger partial charge in [-0.25, -0.2) is 0 Å². The molecule has 1 saturated carbocycles. The van der Waals surface area contributed by atoms with E-state index in [1.807, 2.05) is 0 Å². The van der Waals surface area contributed by atoms with Gasteiger partial charge in [0.15, 0.2) is 0 Å². The lowest BCUT2D eigenvalue weighted by molar-refractivity contribution is 0.234. The molecule has 0 radical (unpaired) electrons. The maximum absolute atomic E-state index is 3.56. The predicted molar refractivity (Wildman–Crippen MR) is 80.6 cm³/mol. The predicted octanol–water partition coefficient (Wildman–Crippen LogP) is 2.08. The first kappa shape index (κ1) is 12.9. The van der Waals surface area contributed by atoms with Gasteiger partial charge in [-0.15, -0.1) is 0 Å². The van der Waals surface area contributed by atoms with Crippen LogP contribution in [0.4, 0.5) is 5.69 Å². The largest absolute Gasteiger partial charge is 0.369 e. The number of nitrogens with one attached hydrogen (secondary N) is 1. The van der Waals surface area contributed by atoms with Crippen LogP contribution in [0, 0.1) is 0 Å². The lowest BCUT2D eigenvalue weighted by Crippen LogP contribution is -2.50. The Morgan fingerprint density at radius 1 is 1.16 bits per heavy atom. The van der Waals surface area contributed by atoms with Gasteiger partial charge in [0.2, 0.25) is 0 Å². The molecule has 1 saturated heterocycles. The molecule has 3 heteroatoms. The zero-order valence-electron chi connectivity index (χ0n) is 12.1. The van der Waals surface area contributed by atoms with Crippen molar-refractivity contribution in [2.45, 2.75) is 38.4 Å². The molecule has 1 aromatic carbocycles. The van der Waals surface area contributed by atoms with E-state index in [-0.39, 0.29) is 0 Å². The molecular weight excluding hydrogens is 234 g/mol. The Morgan fingerprint density at radius 2 is 1.89 bits per heavy atom. The van der Waals surface area contributed by atoms with Crippen LogP contribution in [0.3, 0.4) is 0 Å². The van der Waals surface area contributed by atoms with E-state index in [0.29, 0.717) is 6.04 Å². The lowest BCUT2D eigenvalue weighted by Gasteiger charge is -2.39. The molecule has 104 valence electrons. The van der Waals surface area contributed by atoms with Crippen LogP contribution < -0.4 is 10.2 Å². The first-order valence-electron chi connectivity index (χ1n) is 7.50. The quantitative estimate of drug-likeness (QED) is 0.893. The van der Waals surface area contributed by atoms with Crippen molar-refractivity contribution in [3.8, 4) is 0 Å². The van der Waals surface area contributed by atoms with Crippen molar-refractivity contribution in [1.82, 2.24) is 10.2 Å². The van der Waals surface area contributed by atoms with Gasteiger partial charge in [-0.2, -0.15) is 0 Å². The smallest absolute Gasteiger partial charge is 0.0367 e. The fourth-order valence-electron chi connectivity index (χ4n) is 2.66. The molecule has 3 nitrogen and oxygen atoms in total. The standard InChI is InChI=1S/C16H25N3/c1-13-12-19(10-9-18(13)2)16-7-3-14(4-8-16)11-17-15-5-6-15/h3-4,7-8,13,15,17H,5-6,9-12H2,1-2H3. The van der Waals surface area contributed by atoms with Gasteiger partial charge in [-0.3, -0.25) is 0 Å². The molecule has 1 aliphatic heterocycles. The van der Waals surface area contributed by atoms with Crippen LogP contribution in [0.5, 0.6) is 0 Å². The third-order valence-electron chi connectivity index (χ3n) is 4.43. The van der Waals surface area contributed by atoms with Gasteiger partial charge in [0, 0.05) is 44.0 Å². The van der Waals surface area contributed by atoms with E-state index in [1.54, 1.807) is 0 Å². The van der Waals surface area contributed by atoms with Gasteiger partial charge < -0.3 is 15.1 Å². The van der Waals surface area contributed by atoms with E-state index < -0.39 is 0 Å². The van der Waals surface area contributed by atoms with Crippen molar-refractivity contribution in [2.24, 2.45) is 0 Å². The fraction of sp³-hybridized carbons (Fsp3) is 0.625. The highest BCUT2D eigenvalue weighted by atomic mass is 15.3. The first-order valence-corrected chi connectivity index (χ1v) is 7.50. The van der Waals surface area contributed by atoms with E-state index >= 15 is 0 Å². The lowest BCUT2D eigenvalue weighted by atomic mass is 10.1. The van der Waals surface area contributed by atoms with Crippen molar-refractivity contribution in [3.05, 3.63) is 29.8 Å². The molecule has 1 aliphatic carbocycles. The van der Waals surface area contributed by atoms with Gasteiger partial charge in [0.05, 0.1) is 0 Å². The number of piperazine rings is 1. The topological polar surface area (TPSA) is 18.5 Å². The Bertz CT molecular complexity index is 411. The number of hydrogen-bond acceptors (Lipinski definition) is 3. The summed E-state index contributed by atoms with van der Waals surface area (Å²) in [7, 11) is 2.22. The second-order valence-electron chi connectivity index (χ2n) is 6.10. The van der Waals surface area contributed by atoms with Crippen LogP contribution in [0.25, 0.3) is 0 Å². The number of nitrogens with zero attached hydrogens (tertiary/aromatic N) is 2. The average Bonchev–Trinajstić information content (AvgIpc) is 3.24. The highest BCUT2D eigenvalue weighted by molar-refractivity contribution is 5.48. The SMILES string of the molecule is CC1CN(c2ccc(CNC3CC3)cc2)CCN1C. The van der Waals surface area contributed by atoms with Gasteiger partial charge >= 0.3 is 0 Å². The van der Waals surface area contributed by atoms with Crippen LogP contribution in [0.2, 0.25) is 0 Å². The van der Waals surface area contributed by atoms with Crippen LogP contribution >= 0.6 is 0 Å². The minimum atomic E-state index is 0.643. The van der Waals surface area contributed by atoms with E-state index in [2.05, 4.69) is 53.4 Å². The molecule has 1 unspecified atom stereocenters. The summed E-state index contributed by atoms with van der Waals surface area (Å²) in [6, 6.07) is 10.5. The van der Waals surface area contributed by atoms with Gasteiger partial charge in [0.25, 0.3) is 0 Å². The normalized spacial score (nSPS) is 24.7. The van der Waals surface area contributed by atoms with Crippen molar-refractivity contribution in [1.29, 1.82) is 0 Å². The summed E-state index contributed by atoms with van der Waals surface area (Å²) in [6.45, 7) is 6.76. The minimum Gasteiger partial charge on any atom is -0.369 e. The number of anilines is 1. The summed E-state index contributed by atoms with van der Waals surface area (Å²) in [5, 5.41) is 3.56. The monoisotopic (exact) mass is 259 g/mol. The second-order valence-corrected chi connectivity index (χ2v) is 6.10. The van der Waals surface area contributed by atoms with Crippen LogP contribution in [0.1, 0.15) is 25.3 Å². The van der Waals surface area contributed by atoms with Crippen molar-refractivity contribution in [3.63, 3.8) is 0 Å². The molecule has 19 heavy (non-hydrogen) atoms. The van der Waals surface area contributed by atoms with Crippen LogP contribution in [-0.2, 0) is 6.54 Å². The zero-order chi connectivity index (χ0) is 13.2. The molecule has 1 N–H and O–H groups in total. The summed E-state index contributed by atoms with van der Waals surface area (Å²) in [4.78, 5) is 4.94.